The van der Waals surface area contributed by atoms with E-state index >= 15 is 0 Å². The quantitative estimate of drug-likeness (QED) is 0.778. The van der Waals surface area contributed by atoms with Crippen molar-refractivity contribution in [3.05, 3.63) is 17.4 Å². The van der Waals surface area contributed by atoms with Gasteiger partial charge >= 0.3 is 0 Å². The maximum absolute atomic E-state index is 11.9. The van der Waals surface area contributed by atoms with Gasteiger partial charge < -0.3 is 5.73 Å². The fourth-order valence-corrected chi connectivity index (χ4v) is 1.89. The Morgan fingerprint density at radius 2 is 2.38 bits per heavy atom. The maximum Gasteiger partial charge on any atom is 0.234 e. The number of hydrogen-bond acceptors (Lipinski definition) is 4. The third-order valence-corrected chi connectivity index (χ3v) is 3.24. The summed E-state index contributed by atoms with van der Waals surface area (Å²) in [5, 5.41) is 2.96. The first-order chi connectivity index (χ1) is 7.66. The van der Waals surface area contributed by atoms with E-state index in [9.17, 15) is 4.79 Å². The lowest BCUT2D eigenvalue weighted by Gasteiger charge is -2.38. The summed E-state index contributed by atoms with van der Waals surface area (Å²) in [6, 6.07) is 1.55. The molecular weight excluding hydrogens is 228 g/mol. The zero-order valence-corrected chi connectivity index (χ0v) is 9.50. The smallest absolute Gasteiger partial charge is 0.234 e. The van der Waals surface area contributed by atoms with Crippen molar-refractivity contribution in [3.8, 4) is 0 Å². The molecule has 0 atom stereocenters. The molecule has 0 unspecified atom stereocenters. The Kier molecular flexibility index (Phi) is 3.07. The van der Waals surface area contributed by atoms with Gasteiger partial charge in [0.05, 0.1) is 5.41 Å². The summed E-state index contributed by atoms with van der Waals surface area (Å²) in [6.45, 7) is 0.361. The number of carbonyl (C=O) groups is 1. The lowest BCUT2D eigenvalue weighted by atomic mass is 9.68. The number of carbonyl (C=O) groups excluding carboxylic acids is 1. The monoisotopic (exact) mass is 240 g/mol. The van der Waals surface area contributed by atoms with Gasteiger partial charge in [0.15, 0.2) is 0 Å². The zero-order valence-electron chi connectivity index (χ0n) is 8.74. The first kappa shape index (κ1) is 11.3. The number of nitrogens with zero attached hydrogens (tertiary/aromatic N) is 2. The topological polar surface area (TPSA) is 80.9 Å². The minimum absolute atomic E-state index is 0.108. The molecule has 1 aromatic rings. The van der Waals surface area contributed by atoms with Crippen molar-refractivity contribution in [3.63, 3.8) is 0 Å². The lowest BCUT2D eigenvalue weighted by Crippen LogP contribution is -2.47. The molecule has 5 nitrogen and oxygen atoms in total. The van der Waals surface area contributed by atoms with Crippen LogP contribution in [0.2, 0.25) is 5.15 Å². The molecule has 1 saturated carbocycles. The van der Waals surface area contributed by atoms with Crippen LogP contribution in [0, 0.1) is 5.41 Å². The molecule has 0 radical (unpaired) electrons. The van der Waals surface area contributed by atoms with Gasteiger partial charge in [-0.1, -0.05) is 18.0 Å². The van der Waals surface area contributed by atoms with Gasteiger partial charge in [0.2, 0.25) is 11.9 Å². The van der Waals surface area contributed by atoms with Crippen LogP contribution in [-0.2, 0) is 4.79 Å². The van der Waals surface area contributed by atoms with Crippen molar-refractivity contribution in [2.45, 2.75) is 19.3 Å². The van der Waals surface area contributed by atoms with E-state index in [2.05, 4.69) is 15.3 Å². The fraction of sp³-hybridized carbons (Fsp3) is 0.500. The maximum atomic E-state index is 11.9. The van der Waals surface area contributed by atoms with E-state index in [0.717, 1.165) is 19.3 Å². The number of nitrogens with two attached hydrogens (primary N) is 1. The Morgan fingerprint density at radius 3 is 2.88 bits per heavy atom. The van der Waals surface area contributed by atoms with E-state index in [1.165, 1.54) is 6.20 Å². The normalized spacial score (nSPS) is 17.6. The highest BCUT2D eigenvalue weighted by molar-refractivity contribution is 6.29. The van der Waals surface area contributed by atoms with E-state index in [4.69, 9.17) is 17.3 Å². The second kappa shape index (κ2) is 4.35. The average molecular weight is 241 g/mol. The first-order valence-corrected chi connectivity index (χ1v) is 5.54. The molecule has 86 valence electrons. The van der Waals surface area contributed by atoms with E-state index < -0.39 is 5.41 Å². The predicted molar refractivity (Wildman–Crippen MR) is 61.0 cm³/mol. The molecule has 1 fully saturated rings. The number of anilines is 1. The molecule has 0 aromatic carbocycles. The van der Waals surface area contributed by atoms with Gasteiger partial charge in [0, 0.05) is 12.7 Å². The Labute approximate surface area is 98.4 Å². The molecule has 0 spiro atoms. The number of hydrogen-bond donors (Lipinski definition) is 2. The first-order valence-electron chi connectivity index (χ1n) is 5.16. The Balaban J connectivity index is 2.07. The van der Waals surface area contributed by atoms with Crippen LogP contribution in [-0.4, -0.2) is 22.4 Å². The van der Waals surface area contributed by atoms with E-state index in [-0.39, 0.29) is 11.9 Å². The lowest BCUT2D eigenvalue weighted by molar-refractivity contribution is -0.129. The Morgan fingerprint density at radius 1 is 1.62 bits per heavy atom. The summed E-state index contributed by atoms with van der Waals surface area (Å²) < 4.78 is 0. The van der Waals surface area contributed by atoms with Crippen LogP contribution in [0.15, 0.2) is 12.3 Å². The molecule has 0 aliphatic heterocycles. The van der Waals surface area contributed by atoms with Crippen LogP contribution in [0.25, 0.3) is 0 Å². The van der Waals surface area contributed by atoms with Crippen LogP contribution in [0.4, 0.5) is 5.95 Å². The van der Waals surface area contributed by atoms with E-state index in [0.29, 0.717) is 11.7 Å². The average Bonchev–Trinajstić information content (AvgIpc) is 2.16. The molecule has 3 N–H and O–H groups in total. The van der Waals surface area contributed by atoms with Gasteiger partial charge in [0.1, 0.15) is 5.15 Å². The Bertz CT molecular complexity index is 400. The molecule has 6 heteroatoms. The minimum Gasteiger partial charge on any atom is -0.329 e. The van der Waals surface area contributed by atoms with Crippen LogP contribution >= 0.6 is 11.6 Å². The third kappa shape index (κ3) is 2.01. The minimum atomic E-state index is -0.425. The zero-order chi connectivity index (χ0) is 11.6. The van der Waals surface area contributed by atoms with Gasteiger partial charge in [-0.15, -0.1) is 0 Å². The molecule has 1 heterocycles. The summed E-state index contributed by atoms with van der Waals surface area (Å²) >= 11 is 5.70. The molecule has 1 aliphatic rings. The summed E-state index contributed by atoms with van der Waals surface area (Å²) in [5.41, 5.74) is 5.20. The standard InChI is InChI=1S/C10H13ClN4O/c11-7-2-5-13-9(14-7)15-8(16)10(6-12)3-1-4-10/h2,5H,1,3-4,6,12H2,(H,13,14,15,16). The van der Waals surface area contributed by atoms with Gasteiger partial charge in [-0.2, -0.15) is 0 Å². The highest BCUT2D eigenvalue weighted by Crippen LogP contribution is 2.40. The predicted octanol–water partition coefficient (Wildman–Crippen LogP) is 1.20. The number of nitrogens with one attached hydrogen (secondary N) is 1. The van der Waals surface area contributed by atoms with Crippen molar-refractivity contribution < 1.29 is 4.79 Å². The van der Waals surface area contributed by atoms with Crippen LogP contribution in [0.3, 0.4) is 0 Å². The van der Waals surface area contributed by atoms with Crippen LogP contribution < -0.4 is 11.1 Å². The van der Waals surface area contributed by atoms with Gasteiger partial charge in [-0.05, 0) is 18.9 Å². The second-order valence-electron chi connectivity index (χ2n) is 4.00. The molecule has 0 bridgehead atoms. The molecular formula is C10H13ClN4O. The van der Waals surface area contributed by atoms with Crippen molar-refractivity contribution in [2.75, 3.05) is 11.9 Å². The molecule has 1 aromatic heterocycles. The number of rotatable bonds is 3. The van der Waals surface area contributed by atoms with E-state index in [1.54, 1.807) is 6.07 Å². The molecule has 2 rings (SSSR count). The number of amides is 1. The van der Waals surface area contributed by atoms with Crippen molar-refractivity contribution in [2.24, 2.45) is 11.1 Å². The van der Waals surface area contributed by atoms with Crippen molar-refractivity contribution in [1.29, 1.82) is 0 Å². The number of aromatic nitrogens is 2. The van der Waals surface area contributed by atoms with Gasteiger partial charge in [-0.3, -0.25) is 10.1 Å². The fourth-order valence-electron chi connectivity index (χ4n) is 1.76. The molecule has 16 heavy (non-hydrogen) atoms. The molecule has 1 aliphatic carbocycles. The second-order valence-corrected chi connectivity index (χ2v) is 4.38. The summed E-state index contributed by atoms with van der Waals surface area (Å²) in [4.78, 5) is 19.8. The van der Waals surface area contributed by atoms with Crippen LogP contribution in [0.5, 0.6) is 0 Å². The SMILES string of the molecule is NCC1(C(=O)Nc2nccc(Cl)n2)CCC1. The van der Waals surface area contributed by atoms with Crippen molar-refractivity contribution >= 4 is 23.5 Å². The van der Waals surface area contributed by atoms with E-state index in [1.807, 2.05) is 0 Å². The van der Waals surface area contributed by atoms with Gasteiger partial charge in [0.25, 0.3) is 0 Å². The molecule has 1 amide bonds. The van der Waals surface area contributed by atoms with Gasteiger partial charge in [-0.25, -0.2) is 9.97 Å². The number of halogens is 1. The summed E-state index contributed by atoms with van der Waals surface area (Å²) in [6.07, 6.45) is 4.20. The highest BCUT2D eigenvalue weighted by Gasteiger charge is 2.43. The third-order valence-electron chi connectivity index (χ3n) is 3.03. The Hall–Kier alpha value is -1.20. The molecule has 0 saturated heterocycles. The summed E-state index contributed by atoms with van der Waals surface area (Å²) in [5.74, 6) is 0.126. The largest absolute Gasteiger partial charge is 0.329 e. The summed E-state index contributed by atoms with van der Waals surface area (Å²) in [7, 11) is 0. The highest BCUT2D eigenvalue weighted by atomic mass is 35.5. The van der Waals surface area contributed by atoms with Crippen LogP contribution in [0.1, 0.15) is 19.3 Å². The van der Waals surface area contributed by atoms with Crippen molar-refractivity contribution in [1.82, 2.24) is 9.97 Å².